The molecule has 0 atom stereocenters. The number of hydrogen-bond acceptors (Lipinski definition) is 4. The zero-order valence-electron chi connectivity index (χ0n) is 10.2. The fraction of sp³-hybridized carbons (Fsp3) is 0.364. The van der Waals surface area contributed by atoms with Gasteiger partial charge in [-0.25, -0.2) is 12.8 Å². The molecule has 8 heteroatoms. The van der Waals surface area contributed by atoms with E-state index >= 15 is 0 Å². The molecule has 1 aromatic carbocycles. The summed E-state index contributed by atoms with van der Waals surface area (Å²) in [4.78, 5) is 10.8. The van der Waals surface area contributed by atoms with Gasteiger partial charge in [-0.2, -0.15) is 0 Å². The van der Waals surface area contributed by atoms with Crippen molar-refractivity contribution in [2.45, 2.75) is 12.8 Å². The molecule has 1 rings (SSSR count). The maximum atomic E-state index is 13.0. The van der Waals surface area contributed by atoms with Gasteiger partial charge in [-0.05, 0) is 24.6 Å². The number of methoxy groups -OCH3 is 1. The third-order valence-corrected chi connectivity index (χ3v) is 3.90. The second-order valence-electron chi connectivity index (χ2n) is 3.72. The molecule has 106 valence electrons. The number of carbonyl (C=O) groups excluding carboxylic acids is 1. The number of ether oxygens (including phenoxy) is 1. The van der Waals surface area contributed by atoms with Crippen LogP contribution in [0.15, 0.2) is 18.2 Å². The summed E-state index contributed by atoms with van der Waals surface area (Å²) in [5.41, 5.74) is -0.0280. The van der Waals surface area contributed by atoms with Crippen LogP contribution >= 0.6 is 11.6 Å². The number of anilines is 1. The summed E-state index contributed by atoms with van der Waals surface area (Å²) < 4.78 is 42.9. The van der Waals surface area contributed by atoms with Crippen molar-refractivity contribution in [1.82, 2.24) is 0 Å². The van der Waals surface area contributed by atoms with Gasteiger partial charge in [0.2, 0.25) is 10.0 Å². The van der Waals surface area contributed by atoms with Crippen LogP contribution in [0, 0.1) is 5.82 Å². The molecule has 0 spiro atoms. The smallest absolute Gasteiger partial charge is 0.305 e. The number of carbonyl (C=O) groups is 1. The van der Waals surface area contributed by atoms with Crippen molar-refractivity contribution >= 4 is 33.3 Å². The molecule has 0 amide bonds. The van der Waals surface area contributed by atoms with E-state index in [1.807, 2.05) is 0 Å². The van der Waals surface area contributed by atoms with Crippen LogP contribution in [0.5, 0.6) is 0 Å². The van der Waals surface area contributed by atoms with Crippen LogP contribution in [-0.2, 0) is 19.6 Å². The zero-order valence-corrected chi connectivity index (χ0v) is 11.7. The average molecular weight is 310 g/mol. The molecule has 0 radical (unpaired) electrons. The van der Waals surface area contributed by atoms with E-state index in [4.69, 9.17) is 11.6 Å². The Morgan fingerprint density at radius 2 is 2.16 bits per heavy atom. The van der Waals surface area contributed by atoms with E-state index in [0.29, 0.717) is 0 Å². The minimum atomic E-state index is -3.69. The Hall–Kier alpha value is -1.34. The van der Waals surface area contributed by atoms with Crippen LogP contribution in [0.1, 0.15) is 12.8 Å². The van der Waals surface area contributed by atoms with Crippen molar-refractivity contribution < 1.29 is 22.3 Å². The van der Waals surface area contributed by atoms with E-state index < -0.39 is 21.8 Å². The van der Waals surface area contributed by atoms with Gasteiger partial charge in [-0.15, -0.1) is 0 Å². The molecule has 0 aliphatic rings. The Bertz CT molecular complexity index is 562. The van der Waals surface area contributed by atoms with Crippen LogP contribution in [0.2, 0.25) is 5.02 Å². The number of halogens is 2. The van der Waals surface area contributed by atoms with Crippen molar-refractivity contribution in [3.63, 3.8) is 0 Å². The zero-order chi connectivity index (χ0) is 14.5. The van der Waals surface area contributed by atoms with Gasteiger partial charge >= 0.3 is 5.97 Å². The van der Waals surface area contributed by atoms with E-state index in [2.05, 4.69) is 9.46 Å². The van der Waals surface area contributed by atoms with E-state index in [1.165, 1.54) is 13.2 Å². The Kier molecular flexibility index (Phi) is 5.56. The van der Waals surface area contributed by atoms with Crippen molar-refractivity contribution in [1.29, 1.82) is 0 Å². The molecule has 5 nitrogen and oxygen atoms in total. The normalized spacial score (nSPS) is 11.1. The summed E-state index contributed by atoms with van der Waals surface area (Å²) in [6.45, 7) is 0. The van der Waals surface area contributed by atoms with Crippen LogP contribution in [-0.4, -0.2) is 27.2 Å². The molecular formula is C11H13ClFNO4S. The average Bonchev–Trinajstić information content (AvgIpc) is 2.33. The van der Waals surface area contributed by atoms with Crippen LogP contribution in [0.25, 0.3) is 0 Å². The van der Waals surface area contributed by atoms with E-state index in [0.717, 1.165) is 12.1 Å². The summed E-state index contributed by atoms with van der Waals surface area (Å²) >= 11 is 5.74. The second kappa shape index (κ2) is 6.72. The first kappa shape index (κ1) is 15.7. The maximum absolute atomic E-state index is 13.0. The quantitative estimate of drug-likeness (QED) is 0.817. The topological polar surface area (TPSA) is 72.5 Å². The molecular weight excluding hydrogens is 297 g/mol. The number of esters is 1. The molecule has 0 aromatic heterocycles. The lowest BCUT2D eigenvalue weighted by atomic mass is 10.3. The highest BCUT2D eigenvalue weighted by Gasteiger charge is 2.14. The third-order valence-electron chi connectivity index (χ3n) is 2.22. The lowest BCUT2D eigenvalue weighted by Gasteiger charge is -2.09. The lowest BCUT2D eigenvalue weighted by molar-refractivity contribution is -0.140. The van der Waals surface area contributed by atoms with Gasteiger partial charge < -0.3 is 4.74 Å². The fourth-order valence-electron chi connectivity index (χ4n) is 1.30. The molecule has 1 aromatic rings. The summed E-state index contributed by atoms with van der Waals surface area (Å²) in [6, 6.07) is 3.36. The number of nitrogens with one attached hydrogen (secondary N) is 1. The number of sulfonamides is 1. The first-order chi connectivity index (χ1) is 8.84. The first-order valence-corrected chi connectivity index (χ1v) is 7.39. The molecule has 0 bridgehead atoms. The highest BCUT2D eigenvalue weighted by atomic mass is 35.5. The van der Waals surface area contributed by atoms with Crippen LogP contribution < -0.4 is 4.72 Å². The largest absolute Gasteiger partial charge is 0.469 e. The Labute approximate surface area is 115 Å². The second-order valence-corrected chi connectivity index (χ2v) is 5.97. The van der Waals surface area contributed by atoms with Gasteiger partial charge in [0.1, 0.15) is 5.82 Å². The molecule has 19 heavy (non-hydrogen) atoms. The van der Waals surface area contributed by atoms with Gasteiger partial charge in [0.15, 0.2) is 0 Å². The highest BCUT2D eigenvalue weighted by molar-refractivity contribution is 7.92. The van der Waals surface area contributed by atoms with Gasteiger partial charge in [0, 0.05) is 6.42 Å². The maximum Gasteiger partial charge on any atom is 0.305 e. The lowest BCUT2D eigenvalue weighted by Crippen LogP contribution is -2.18. The summed E-state index contributed by atoms with van der Waals surface area (Å²) in [5.74, 6) is -1.37. The Balaban J connectivity index is 2.64. The van der Waals surface area contributed by atoms with Crippen molar-refractivity contribution in [3.8, 4) is 0 Å². The predicted molar refractivity (Wildman–Crippen MR) is 70.1 cm³/mol. The number of hydrogen-bond donors (Lipinski definition) is 1. The van der Waals surface area contributed by atoms with Crippen molar-refractivity contribution in [2.24, 2.45) is 0 Å². The van der Waals surface area contributed by atoms with E-state index in [-0.39, 0.29) is 29.3 Å². The standard InChI is InChI=1S/C11H13ClFNO4S/c1-18-11(15)3-2-6-19(16,17)14-10-7-8(13)4-5-9(10)12/h4-5,7,14H,2-3,6H2,1H3. The SMILES string of the molecule is COC(=O)CCCS(=O)(=O)Nc1cc(F)ccc1Cl. The minimum absolute atomic E-state index is 0.00566. The molecule has 0 aliphatic carbocycles. The molecule has 0 saturated heterocycles. The molecule has 0 heterocycles. The summed E-state index contributed by atoms with van der Waals surface area (Å²) in [6.07, 6.45) is 0.100. The van der Waals surface area contributed by atoms with Crippen molar-refractivity contribution in [3.05, 3.63) is 29.0 Å². The summed E-state index contributed by atoms with van der Waals surface area (Å²) in [5, 5.41) is 0.0953. The molecule has 0 aliphatic heterocycles. The first-order valence-electron chi connectivity index (χ1n) is 5.36. The highest BCUT2D eigenvalue weighted by Crippen LogP contribution is 2.23. The summed E-state index contributed by atoms with van der Waals surface area (Å²) in [7, 11) is -2.46. The molecule has 0 fully saturated rings. The monoisotopic (exact) mass is 309 g/mol. The van der Waals surface area contributed by atoms with Gasteiger partial charge in [0.05, 0.1) is 23.6 Å². The van der Waals surface area contributed by atoms with Crippen LogP contribution in [0.3, 0.4) is 0 Å². The minimum Gasteiger partial charge on any atom is -0.469 e. The molecule has 0 unspecified atom stereocenters. The van der Waals surface area contributed by atoms with Crippen LogP contribution in [0.4, 0.5) is 10.1 Å². The Morgan fingerprint density at radius 1 is 1.47 bits per heavy atom. The molecule has 0 saturated carbocycles. The van der Waals surface area contributed by atoms with E-state index in [9.17, 15) is 17.6 Å². The molecule has 1 N–H and O–H groups in total. The Morgan fingerprint density at radius 3 is 2.79 bits per heavy atom. The van der Waals surface area contributed by atoms with Gasteiger partial charge in [-0.1, -0.05) is 11.6 Å². The van der Waals surface area contributed by atoms with Gasteiger partial charge in [-0.3, -0.25) is 9.52 Å². The van der Waals surface area contributed by atoms with E-state index in [1.54, 1.807) is 0 Å². The third kappa shape index (κ3) is 5.44. The predicted octanol–water partition coefficient (Wildman–Crippen LogP) is 2.17. The number of rotatable bonds is 6. The van der Waals surface area contributed by atoms with Crippen molar-refractivity contribution in [2.75, 3.05) is 17.6 Å². The number of benzene rings is 1. The van der Waals surface area contributed by atoms with Gasteiger partial charge in [0.25, 0.3) is 0 Å². The fourth-order valence-corrected chi connectivity index (χ4v) is 2.65.